The molecule has 0 saturated heterocycles. The van der Waals surface area contributed by atoms with Gasteiger partial charge in [-0.2, -0.15) is 5.26 Å². The summed E-state index contributed by atoms with van der Waals surface area (Å²) in [6, 6.07) is 26.7. The van der Waals surface area contributed by atoms with Crippen LogP contribution >= 0.6 is 11.8 Å². The SMILES string of the molecule is Cc1ccc(-n2c(SCC(=O)c3ccc(C#N)cc3)nnc2-c2ccccc2)cc1. The van der Waals surface area contributed by atoms with Crippen molar-refractivity contribution in [3.63, 3.8) is 0 Å². The summed E-state index contributed by atoms with van der Waals surface area (Å²) < 4.78 is 1.98. The monoisotopic (exact) mass is 410 g/mol. The molecular formula is C24H18N4OS. The van der Waals surface area contributed by atoms with Crippen LogP contribution in [0.15, 0.2) is 84.0 Å². The maximum atomic E-state index is 12.6. The van der Waals surface area contributed by atoms with E-state index < -0.39 is 0 Å². The van der Waals surface area contributed by atoms with Gasteiger partial charge in [0.05, 0.1) is 17.4 Å². The summed E-state index contributed by atoms with van der Waals surface area (Å²) in [6.07, 6.45) is 0. The molecule has 0 radical (unpaired) electrons. The van der Waals surface area contributed by atoms with Gasteiger partial charge in [-0.15, -0.1) is 10.2 Å². The van der Waals surface area contributed by atoms with Crippen LogP contribution in [0.4, 0.5) is 0 Å². The van der Waals surface area contributed by atoms with E-state index >= 15 is 0 Å². The molecule has 4 rings (SSSR count). The molecule has 6 heteroatoms. The number of ketones is 1. The summed E-state index contributed by atoms with van der Waals surface area (Å²) in [6.45, 7) is 2.04. The van der Waals surface area contributed by atoms with Crippen molar-refractivity contribution < 1.29 is 4.79 Å². The van der Waals surface area contributed by atoms with E-state index in [0.29, 0.717) is 16.3 Å². The minimum atomic E-state index is -0.0239. The predicted molar refractivity (Wildman–Crippen MR) is 118 cm³/mol. The van der Waals surface area contributed by atoms with Crippen molar-refractivity contribution in [2.75, 3.05) is 5.75 Å². The summed E-state index contributed by atoms with van der Waals surface area (Å²) in [7, 11) is 0. The molecule has 0 aliphatic carbocycles. The Balaban J connectivity index is 1.64. The number of aromatic nitrogens is 3. The highest BCUT2D eigenvalue weighted by Gasteiger charge is 2.17. The number of nitrogens with zero attached hydrogens (tertiary/aromatic N) is 4. The number of nitriles is 1. The van der Waals surface area contributed by atoms with Crippen LogP contribution in [-0.2, 0) is 0 Å². The quantitative estimate of drug-likeness (QED) is 0.327. The molecule has 30 heavy (non-hydrogen) atoms. The van der Waals surface area contributed by atoms with Crippen molar-refractivity contribution in [1.29, 1.82) is 5.26 Å². The molecule has 0 N–H and O–H groups in total. The van der Waals surface area contributed by atoms with Crippen LogP contribution in [0.1, 0.15) is 21.5 Å². The van der Waals surface area contributed by atoms with Gasteiger partial charge in [0.25, 0.3) is 0 Å². The van der Waals surface area contributed by atoms with Crippen LogP contribution in [-0.4, -0.2) is 26.3 Å². The summed E-state index contributed by atoms with van der Waals surface area (Å²) in [4.78, 5) is 12.6. The minimum Gasteiger partial charge on any atom is -0.293 e. The Bertz CT molecular complexity index is 1210. The Morgan fingerprint density at radius 3 is 2.33 bits per heavy atom. The average Bonchev–Trinajstić information content (AvgIpc) is 3.22. The Kier molecular flexibility index (Phi) is 5.73. The van der Waals surface area contributed by atoms with Crippen molar-refractivity contribution in [1.82, 2.24) is 14.8 Å². The summed E-state index contributed by atoms with van der Waals surface area (Å²) in [5.74, 6) is 0.932. The first-order chi connectivity index (χ1) is 14.7. The Morgan fingerprint density at radius 1 is 0.967 bits per heavy atom. The number of rotatable bonds is 6. The molecule has 0 fully saturated rings. The summed E-state index contributed by atoms with van der Waals surface area (Å²) in [5, 5.41) is 18.3. The molecule has 0 bridgehead atoms. The average molecular weight is 411 g/mol. The van der Waals surface area contributed by atoms with Crippen molar-refractivity contribution in [3.05, 3.63) is 95.6 Å². The highest BCUT2D eigenvalue weighted by Crippen LogP contribution is 2.28. The number of Topliss-reactive ketones (excluding diaryl/α,β-unsaturated/α-hetero) is 1. The highest BCUT2D eigenvalue weighted by atomic mass is 32.2. The number of hydrogen-bond donors (Lipinski definition) is 0. The highest BCUT2D eigenvalue weighted by molar-refractivity contribution is 7.99. The van der Waals surface area contributed by atoms with Crippen molar-refractivity contribution in [3.8, 4) is 23.1 Å². The maximum absolute atomic E-state index is 12.6. The zero-order chi connectivity index (χ0) is 20.9. The van der Waals surface area contributed by atoms with E-state index in [1.54, 1.807) is 24.3 Å². The first-order valence-corrected chi connectivity index (χ1v) is 10.4. The largest absolute Gasteiger partial charge is 0.293 e. The molecule has 0 aliphatic heterocycles. The van der Waals surface area contributed by atoms with Gasteiger partial charge in [0.15, 0.2) is 16.8 Å². The van der Waals surface area contributed by atoms with Gasteiger partial charge in [0, 0.05) is 16.8 Å². The molecule has 1 heterocycles. The zero-order valence-corrected chi connectivity index (χ0v) is 17.1. The molecule has 0 unspecified atom stereocenters. The molecule has 0 atom stereocenters. The molecule has 146 valence electrons. The molecule has 0 amide bonds. The van der Waals surface area contributed by atoms with E-state index in [1.165, 1.54) is 17.3 Å². The van der Waals surface area contributed by atoms with E-state index in [2.05, 4.69) is 16.3 Å². The van der Waals surface area contributed by atoms with Crippen LogP contribution in [0.3, 0.4) is 0 Å². The second kappa shape index (κ2) is 8.76. The maximum Gasteiger partial charge on any atom is 0.196 e. The molecule has 1 aromatic heterocycles. The summed E-state index contributed by atoms with van der Waals surface area (Å²) in [5.41, 5.74) is 4.17. The van der Waals surface area contributed by atoms with Crippen LogP contribution < -0.4 is 0 Å². The van der Waals surface area contributed by atoms with Crippen molar-refractivity contribution in [2.45, 2.75) is 12.1 Å². The zero-order valence-electron chi connectivity index (χ0n) is 16.3. The first kappa shape index (κ1) is 19.6. The number of carbonyl (C=O) groups excluding carboxylic acids is 1. The van der Waals surface area contributed by atoms with Gasteiger partial charge in [-0.05, 0) is 31.2 Å². The number of benzene rings is 3. The van der Waals surface area contributed by atoms with E-state index in [-0.39, 0.29) is 11.5 Å². The standard InChI is InChI=1S/C24H18N4OS/c1-17-7-13-21(14-8-17)28-23(20-5-3-2-4-6-20)26-27-24(28)30-16-22(29)19-11-9-18(15-25)10-12-19/h2-14H,16H2,1H3. The predicted octanol–water partition coefficient (Wildman–Crippen LogP) is 5.09. The second-order valence-electron chi connectivity index (χ2n) is 6.74. The van der Waals surface area contributed by atoms with E-state index in [4.69, 9.17) is 5.26 Å². The Labute approximate surface area is 179 Å². The lowest BCUT2D eigenvalue weighted by Crippen LogP contribution is -2.05. The molecule has 5 nitrogen and oxygen atoms in total. The second-order valence-corrected chi connectivity index (χ2v) is 7.69. The van der Waals surface area contributed by atoms with Gasteiger partial charge in [-0.3, -0.25) is 9.36 Å². The third-order valence-corrected chi connectivity index (χ3v) is 5.55. The lowest BCUT2D eigenvalue weighted by atomic mass is 10.1. The minimum absolute atomic E-state index is 0.0239. The normalized spacial score (nSPS) is 10.5. The van der Waals surface area contributed by atoms with Gasteiger partial charge in [-0.1, -0.05) is 71.9 Å². The number of thioether (sulfide) groups is 1. The molecule has 0 aliphatic rings. The smallest absolute Gasteiger partial charge is 0.196 e. The van der Waals surface area contributed by atoms with Crippen molar-refractivity contribution >= 4 is 17.5 Å². The molecule has 4 aromatic rings. The number of aryl methyl sites for hydroxylation is 1. The van der Waals surface area contributed by atoms with E-state index in [9.17, 15) is 4.79 Å². The first-order valence-electron chi connectivity index (χ1n) is 9.40. The van der Waals surface area contributed by atoms with Crippen LogP contribution in [0, 0.1) is 18.3 Å². The molecular weight excluding hydrogens is 392 g/mol. The fourth-order valence-electron chi connectivity index (χ4n) is 3.01. The van der Waals surface area contributed by atoms with Crippen LogP contribution in [0.25, 0.3) is 17.1 Å². The van der Waals surface area contributed by atoms with Gasteiger partial charge in [-0.25, -0.2) is 0 Å². The topological polar surface area (TPSA) is 71.6 Å². The lowest BCUT2D eigenvalue weighted by Gasteiger charge is -2.10. The molecule has 3 aromatic carbocycles. The fraction of sp³-hybridized carbons (Fsp3) is 0.0833. The van der Waals surface area contributed by atoms with Crippen molar-refractivity contribution in [2.24, 2.45) is 0 Å². The van der Waals surface area contributed by atoms with Gasteiger partial charge < -0.3 is 0 Å². The van der Waals surface area contributed by atoms with Gasteiger partial charge >= 0.3 is 0 Å². The Hall–Kier alpha value is -3.69. The van der Waals surface area contributed by atoms with E-state index in [0.717, 1.165) is 17.1 Å². The third-order valence-electron chi connectivity index (χ3n) is 4.63. The number of carbonyl (C=O) groups is 1. The molecule has 0 spiro atoms. The third kappa shape index (κ3) is 4.17. The number of hydrogen-bond acceptors (Lipinski definition) is 5. The lowest BCUT2D eigenvalue weighted by molar-refractivity contribution is 0.102. The van der Waals surface area contributed by atoms with Crippen LogP contribution in [0.5, 0.6) is 0 Å². The fourth-order valence-corrected chi connectivity index (χ4v) is 3.85. The van der Waals surface area contributed by atoms with Gasteiger partial charge in [0.2, 0.25) is 0 Å². The van der Waals surface area contributed by atoms with Crippen LogP contribution in [0.2, 0.25) is 0 Å². The van der Waals surface area contributed by atoms with Gasteiger partial charge in [0.1, 0.15) is 0 Å². The van der Waals surface area contributed by atoms with E-state index in [1.807, 2.05) is 66.1 Å². The molecule has 0 saturated carbocycles. The Morgan fingerprint density at radius 2 is 1.67 bits per heavy atom. The summed E-state index contributed by atoms with van der Waals surface area (Å²) >= 11 is 1.35.